The second-order valence-corrected chi connectivity index (χ2v) is 6.79. The number of hydrogen-bond acceptors (Lipinski definition) is 6. The molecule has 1 saturated heterocycles. The van der Waals surface area contributed by atoms with Gasteiger partial charge in [-0.1, -0.05) is 23.9 Å². The minimum Gasteiger partial charge on any atom is -0.410 e. The number of nitrogens with zero attached hydrogens (tertiary/aromatic N) is 3. The zero-order valence-electron chi connectivity index (χ0n) is 13.8. The van der Waals surface area contributed by atoms with Crippen molar-refractivity contribution in [3.8, 4) is 11.6 Å². The standard InChI is InChI=1S/C18H16N4O3S/c23-15(11-26-18-21-20-17(25-18)14-6-2-8-19-14)12-4-1-5-13(10-12)22-9-3-7-16(22)24/h1-2,4-6,8,10,19H,3,7,9,11H2. The van der Waals surface area contributed by atoms with Gasteiger partial charge in [0.15, 0.2) is 5.78 Å². The molecule has 0 radical (unpaired) electrons. The van der Waals surface area contributed by atoms with Crippen molar-refractivity contribution in [2.45, 2.75) is 18.1 Å². The minimum atomic E-state index is -0.0527. The van der Waals surface area contributed by atoms with Crippen LogP contribution in [0.15, 0.2) is 52.2 Å². The van der Waals surface area contributed by atoms with Gasteiger partial charge in [-0.25, -0.2) is 0 Å². The Morgan fingerprint density at radius 2 is 2.19 bits per heavy atom. The molecule has 1 amide bonds. The largest absolute Gasteiger partial charge is 0.410 e. The van der Waals surface area contributed by atoms with Crippen LogP contribution in [0, 0.1) is 0 Å². The van der Waals surface area contributed by atoms with Crippen LogP contribution in [0.25, 0.3) is 11.6 Å². The van der Waals surface area contributed by atoms with E-state index in [9.17, 15) is 9.59 Å². The number of amides is 1. The lowest BCUT2D eigenvalue weighted by atomic mass is 10.1. The van der Waals surface area contributed by atoms with Crippen LogP contribution < -0.4 is 4.90 Å². The molecule has 0 spiro atoms. The highest BCUT2D eigenvalue weighted by molar-refractivity contribution is 7.99. The molecule has 3 heterocycles. The molecule has 0 atom stereocenters. The molecular weight excluding hydrogens is 352 g/mol. The fraction of sp³-hybridized carbons (Fsp3) is 0.222. The third kappa shape index (κ3) is 3.41. The molecule has 8 heteroatoms. The lowest BCUT2D eigenvalue weighted by molar-refractivity contribution is -0.117. The Hall–Kier alpha value is -2.87. The van der Waals surface area contributed by atoms with Crippen molar-refractivity contribution in [2.24, 2.45) is 0 Å². The molecule has 0 bridgehead atoms. The molecule has 1 fully saturated rings. The highest BCUT2D eigenvalue weighted by Gasteiger charge is 2.22. The van der Waals surface area contributed by atoms with E-state index in [0.717, 1.165) is 17.8 Å². The highest BCUT2D eigenvalue weighted by Crippen LogP contribution is 2.25. The number of rotatable bonds is 6. The summed E-state index contributed by atoms with van der Waals surface area (Å²) in [7, 11) is 0. The number of H-pyrrole nitrogens is 1. The van der Waals surface area contributed by atoms with Crippen LogP contribution in [0.2, 0.25) is 0 Å². The zero-order chi connectivity index (χ0) is 17.9. The van der Waals surface area contributed by atoms with Crippen molar-refractivity contribution in [2.75, 3.05) is 17.2 Å². The maximum absolute atomic E-state index is 12.5. The molecule has 3 aromatic rings. The van der Waals surface area contributed by atoms with Gasteiger partial charge < -0.3 is 14.3 Å². The van der Waals surface area contributed by atoms with Gasteiger partial charge in [-0.05, 0) is 30.7 Å². The van der Waals surface area contributed by atoms with Gasteiger partial charge in [0, 0.05) is 30.4 Å². The molecule has 1 N–H and O–H groups in total. The number of thioether (sulfide) groups is 1. The SMILES string of the molecule is O=C(CSc1nnc(-c2ccc[nH]2)o1)c1cccc(N2CCCC2=O)c1. The Balaban J connectivity index is 1.41. The summed E-state index contributed by atoms with van der Waals surface area (Å²) in [6.45, 7) is 0.703. The van der Waals surface area contributed by atoms with E-state index in [1.807, 2.05) is 18.2 Å². The number of benzene rings is 1. The molecule has 26 heavy (non-hydrogen) atoms. The van der Waals surface area contributed by atoms with E-state index >= 15 is 0 Å². The summed E-state index contributed by atoms with van der Waals surface area (Å²) in [4.78, 5) is 29.1. The number of anilines is 1. The number of aromatic amines is 1. The van der Waals surface area contributed by atoms with Gasteiger partial charge in [-0.2, -0.15) is 0 Å². The fourth-order valence-corrected chi connectivity index (χ4v) is 3.48. The molecule has 0 unspecified atom stereocenters. The first-order valence-corrected chi connectivity index (χ1v) is 9.23. The summed E-state index contributed by atoms with van der Waals surface area (Å²) in [5.41, 5.74) is 2.08. The van der Waals surface area contributed by atoms with Gasteiger partial charge >= 0.3 is 0 Å². The first-order chi connectivity index (χ1) is 12.7. The number of nitrogens with one attached hydrogen (secondary N) is 1. The van der Waals surface area contributed by atoms with Crippen molar-refractivity contribution in [1.82, 2.24) is 15.2 Å². The molecule has 1 aliphatic heterocycles. The number of Topliss-reactive ketones (excluding diaryl/α,β-unsaturated/α-hetero) is 1. The number of carbonyl (C=O) groups is 2. The second kappa shape index (κ2) is 7.17. The molecular formula is C18H16N4O3S. The molecule has 0 saturated carbocycles. The van der Waals surface area contributed by atoms with E-state index in [2.05, 4.69) is 15.2 Å². The summed E-state index contributed by atoms with van der Waals surface area (Å²) in [6, 6.07) is 10.9. The second-order valence-electron chi connectivity index (χ2n) is 5.87. The lowest BCUT2D eigenvalue weighted by Crippen LogP contribution is -2.23. The summed E-state index contributed by atoms with van der Waals surface area (Å²) in [6.07, 6.45) is 3.19. The van der Waals surface area contributed by atoms with Crippen molar-refractivity contribution in [3.05, 3.63) is 48.2 Å². The Labute approximate surface area is 153 Å². The quantitative estimate of drug-likeness (QED) is 0.531. The van der Waals surface area contributed by atoms with Crippen molar-refractivity contribution in [1.29, 1.82) is 0 Å². The Kier molecular flexibility index (Phi) is 4.57. The molecule has 0 aliphatic carbocycles. The number of hydrogen-bond donors (Lipinski definition) is 1. The third-order valence-electron chi connectivity index (χ3n) is 4.11. The maximum Gasteiger partial charge on any atom is 0.277 e. The van der Waals surface area contributed by atoms with Crippen LogP contribution in [0.1, 0.15) is 23.2 Å². The van der Waals surface area contributed by atoms with E-state index < -0.39 is 0 Å². The summed E-state index contributed by atoms with van der Waals surface area (Å²) in [5.74, 6) is 0.623. The average Bonchev–Trinajstić information content (AvgIpc) is 3.40. The molecule has 1 aromatic carbocycles. The Bertz CT molecular complexity index is 936. The smallest absolute Gasteiger partial charge is 0.277 e. The first kappa shape index (κ1) is 16.6. The predicted molar refractivity (Wildman–Crippen MR) is 97.2 cm³/mol. The van der Waals surface area contributed by atoms with E-state index in [4.69, 9.17) is 4.42 Å². The minimum absolute atomic E-state index is 0.0527. The number of ketones is 1. The summed E-state index contributed by atoms with van der Waals surface area (Å²) < 4.78 is 5.54. The average molecular weight is 368 g/mol. The van der Waals surface area contributed by atoms with Crippen LogP contribution in [0.4, 0.5) is 5.69 Å². The lowest BCUT2D eigenvalue weighted by Gasteiger charge is -2.16. The fourth-order valence-electron chi connectivity index (χ4n) is 2.82. The molecule has 2 aromatic heterocycles. The van der Waals surface area contributed by atoms with E-state index in [0.29, 0.717) is 29.6 Å². The zero-order valence-corrected chi connectivity index (χ0v) is 14.7. The topological polar surface area (TPSA) is 92.1 Å². The summed E-state index contributed by atoms with van der Waals surface area (Å²) in [5, 5.41) is 8.25. The predicted octanol–water partition coefficient (Wildman–Crippen LogP) is 3.17. The number of carbonyl (C=O) groups excluding carboxylic acids is 2. The third-order valence-corrected chi connectivity index (χ3v) is 4.93. The monoisotopic (exact) mass is 368 g/mol. The van der Waals surface area contributed by atoms with Crippen LogP contribution in [-0.2, 0) is 4.79 Å². The number of aromatic nitrogens is 3. The Morgan fingerprint density at radius 3 is 2.96 bits per heavy atom. The van der Waals surface area contributed by atoms with E-state index in [-0.39, 0.29) is 17.4 Å². The molecule has 1 aliphatic rings. The van der Waals surface area contributed by atoms with Crippen molar-refractivity contribution in [3.63, 3.8) is 0 Å². The maximum atomic E-state index is 12.5. The van der Waals surface area contributed by atoms with Gasteiger partial charge in [-0.3, -0.25) is 9.59 Å². The van der Waals surface area contributed by atoms with Crippen LogP contribution >= 0.6 is 11.8 Å². The van der Waals surface area contributed by atoms with Gasteiger partial charge in [-0.15, -0.1) is 10.2 Å². The Morgan fingerprint density at radius 1 is 1.27 bits per heavy atom. The van der Waals surface area contributed by atoms with Gasteiger partial charge in [0.05, 0.1) is 5.75 Å². The highest BCUT2D eigenvalue weighted by atomic mass is 32.2. The molecule has 4 rings (SSSR count). The summed E-state index contributed by atoms with van der Waals surface area (Å²) >= 11 is 1.20. The van der Waals surface area contributed by atoms with Crippen LogP contribution in [0.3, 0.4) is 0 Å². The molecule has 7 nitrogen and oxygen atoms in total. The normalized spacial score (nSPS) is 14.2. The van der Waals surface area contributed by atoms with Gasteiger partial charge in [0.1, 0.15) is 5.69 Å². The first-order valence-electron chi connectivity index (χ1n) is 8.24. The van der Waals surface area contributed by atoms with Gasteiger partial charge in [0.25, 0.3) is 11.1 Å². The van der Waals surface area contributed by atoms with Crippen molar-refractivity contribution < 1.29 is 14.0 Å². The van der Waals surface area contributed by atoms with Crippen LogP contribution in [0.5, 0.6) is 0 Å². The van der Waals surface area contributed by atoms with Gasteiger partial charge in [0.2, 0.25) is 5.91 Å². The van der Waals surface area contributed by atoms with E-state index in [1.165, 1.54) is 11.8 Å². The van der Waals surface area contributed by atoms with E-state index in [1.54, 1.807) is 29.3 Å². The van der Waals surface area contributed by atoms with Crippen LogP contribution in [-0.4, -0.2) is 39.2 Å². The van der Waals surface area contributed by atoms with Crippen molar-refractivity contribution >= 4 is 29.1 Å². The molecule has 132 valence electrons.